The van der Waals surface area contributed by atoms with E-state index in [1.165, 1.54) is 11.1 Å². The Kier molecular flexibility index (Phi) is 3.61. The summed E-state index contributed by atoms with van der Waals surface area (Å²) in [6, 6.07) is 16.2. The zero-order valence-electron chi connectivity index (χ0n) is 13.0. The minimum Gasteiger partial charge on any atom is -0.445 e. The first-order valence-electron chi connectivity index (χ1n) is 7.61. The van der Waals surface area contributed by atoms with Crippen molar-refractivity contribution in [3.8, 4) is 0 Å². The molecule has 1 aliphatic rings. The molecule has 0 N–H and O–H groups in total. The molecule has 0 saturated heterocycles. The number of hydrogen-bond acceptors (Lipinski definition) is 2. The smallest absolute Gasteiger partial charge is 0.309 e. The molecule has 0 unspecified atom stereocenters. The topological polar surface area (TPSA) is 26.3 Å². The van der Waals surface area contributed by atoms with Crippen LogP contribution in [0.4, 0.5) is 0 Å². The molecular formula is C20H20O2. The molecule has 0 heterocycles. The van der Waals surface area contributed by atoms with E-state index in [1.54, 1.807) is 6.08 Å². The lowest BCUT2D eigenvalue weighted by molar-refractivity contribution is -0.157. The van der Waals surface area contributed by atoms with Gasteiger partial charge in [0.2, 0.25) is 0 Å². The van der Waals surface area contributed by atoms with Crippen LogP contribution in [0.15, 0.2) is 61.2 Å². The third-order valence-corrected chi connectivity index (χ3v) is 4.24. The number of benzene rings is 2. The number of esters is 1. The maximum absolute atomic E-state index is 12.3. The van der Waals surface area contributed by atoms with Crippen molar-refractivity contribution in [3.63, 3.8) is 0 Å². The lowest BCUT2D eigenvalue weighted by Gasteiger charge is -2.38. The van der Waals surface area contributed by atoms with Crippen LogP contribution in [0.1, 0.15) is 36.1 Å². The first-order chi connectivity index (χ1) is 10.6. The van der Waals surface area contributed by atoms with Gasteiger partial charge in [-0.15, -0.1) is 0 Å². The minimum absolute atomic E-state index is 0.182. The highest BCUT2D eigenvalue weighted by Crippen LogP contribution is 2.43. The molecule has 0 radical (unpaired) electrons. The molecule has 0 atom stereocenters. The summed E-state index contributed by atoms with van der Waals surface area (Å²) in [5.74, 6) is -0.399. The third kappa shape index (κ3) is 2.16. The molecule has 1 aliphatic carbocycles. The number of rotatable bonds is 3. The molecule has 0 amide bonds. The van der Waals surface area contributed by atoms with E-state index >= 15 is 0 Å². The van der Waals surface area contributed by atoms with Crippen LogP contribution in [0.25, 0.3) is 0 Å². The predicted molar refractivity (Wildman–Crippen MR) is 87.6 cm³/mol. The summed E-state index contributed by atoms with van der Waals surface area (Å²) in [7, 11) is 0. The summed E-state index contributed by atoms with van der Waals surface area (Å²) in [6.07, 6.45) is 2.60. The van der Waals surface area contributed by atoms with E-state index in [4.69, 9.17) is 4.74 Å². The number of hydrogen-bond donors (Lipinski definition) is 0. The fraction of sp³-hybridized carbons (Fsp3) is 0.250. The Hall–Kier alpha value is -2.35. The first-order valence-corrected chi connectivity index (χ1v) is 7.61. The van der Waals surface area contributed by atoms with E-state index in [2.05, 4.69) is 18.7 Å². The SMILES string of the molecule is C=CC1(OC(=O)C(C)C)c2ccccc2Cc2ccccc21. The lowest BCUT2D eigenvalue weighted by atomic mass is 9.74. The van der Waals surface area contributed by atoms with E-state index in [9.17, 15) is 4.79 Å². The molecule has 112 valence electrons. The van der Waals surface area contributed by atoms with Crippen LogP contribution < -0.4 is 0 Å². The molecule has 0 aliphatic heterocycles. The number of carbonyl (C=O) groups excluding carboxylic acids is 1. The fourth-order valence-corrected chi connectivity index (χ4v) is 3.07. The summed E-state index contributed by atoms with van der Waals surface area (Å²) in [4.78, 5) is 12.3. The number of carbonyl (C=O) groups is 1. The van der Waals surface area contributed by atoms with E-state index < -0.39 is 5.60 Å². The van der Waals surface area contributed by atoms with Crippen molar-refractivity contribution in [2.75, 3.05) is 0 Å². The molecule has 2 aromatic carbocycles. The second-order valence-corrected chi connectivity index (χ2v) is 6.01. The van der Waals surface area contributed by atoms with Gasteiger partial charge in [0, 0.05) is 11.1 Å². The molecule has 0 spiro atoms. The van der Waals surface area contributed by atoms with Crippen LogP contribution in [0.5, 0.6) is 0 Å². The maximum Gasteiger partial charge on any atom is 0.309 e. The highest BCUT2D eigenvalue weighted by atomic mass is 16.6. The molecule has 0 saturated carbocycles. The molecule has 0 fully saturated rings. The Morgan fingerprint density at radius 2 is 1.59 bits per heavy atom. The summed E-state index contributed by atoms with van der Waals surface area (Å²) in [5.41, 5.74) is 3.48. The molecule has 22 heavy (non-hydrogen) atoms. The second-order valence-electron chi connectivity index (χ2n) is 6.01. The molecule has 2 aromatic rings. The fourth-order valence-electron chi connectivity index (χ4n) is 3.07. The van der Waals surface area contributed by atoms with Gasteiger partial charge in [0.05, 0.1) is 5.92 Å². The van der Waals surface area contributed by atoms with E-state index in [-0.39, 0.29) is 11.9 Å². The van der Waals surface area contributed by atoms with Gasteiger partial charge in [-0.2, -0.15) is 0 Å². The molecule has 2 heteroatoms. The van der Waals surface area contributed by atoms with Crippen molar-refractivity contribution in [1.82, 2.24) is 0 Å². The monoisotopic (exact) mass is 292 g/mol. The van der Waals surface area contributed by atoms with Crippen LogP contribution in [0.3, 0.4) is 0 Å². The van der Waals surface area contributed by atoms with E-state index in [0.717, 1.165) is 17.5 Å². The Bertz CT molecular complexity index is 682. The zero-order valence-corrected chi connectivity index (χ0v) is 13.0. The van der Waals surface area contributed by atoms with Crippen LogP contribution in [0.2, 0.25) is 0 Å². The van der Waals surface area contributed by atoms with Crippen molar-refractivity contribution in [1.29, 1.82) is 0 Å². The summed E-state index contributed by atoms with van der Waals surface area (Å²) in [5, 5.41) is 0. The summed E-state index contributed by atoms with van der Waals surface area (Å²) < 4.78 is 5.99. The molecule has 0 aromatic heterocycles. The Morgan fingerprint density at radius 3 is 2.05 bits per heavy atom. The molecular weight excluding hydrogens is 272 g/mol. The van der Waals surface area contributed by atoms with Crippen LogP contribution in [-0.2, 0) is 21.6 Å². The number of fused-ring (bicyclic) bond motifs is 2. The Balaban J connectivity index is 2.23. The maximum atomic E-state index is 12.3. The van der Waals surface area contributed by atoms with Crippen molar-refractivity contribution >= 4 is 5.97 Å². The average molecular weight is 292 g/mol. The highest BCUT2D eigenvalue weighted by molar-refractivity contribution is 5.74. The van der Waals surface area contributed by atoms with Gasteiger partial charge in [0.25, 0.3) is 0 Å². The minimum atomic E-state index is -0.896. The largest absolute Gasteiger partial charge is 0.445 e. The molecule has 3 rings (SSSR count). The van der Waals surface area contributed by atoms with Crippen LogP contribution >= 0.6 is 0 Å². The van der Waals surface area contributed by atoms with E-state index in [0.29, 0.717) is 0 Å². The van der Waals surface area contributed by atoms with Crippen LogP contribution in [-0.4, -0.2) is 5.97 Å². The molecule has 0 bridgehead atoms. The van der Waals surface area contributed by atoms with Gasteiger partial charge in [-0.3, -0.25) is 4.79 Å². The first kappa shape index (κ1) is 14.6. The summed E-state index contributed by atoms with van der Waals surface area (Å²) in [6.45, 7) is 7.68. The van der Waals surface area contributed by atoms with E-state index in [1.807, 2.05) is 50.2 Å². The Labute approximate surface area is 131 Å². The van der Waals surface area contributed by atoms with Gasteiger partial charge >= 0.3 is 5.97 Å². The van der Waals surface area contributed by atoms with Crippen molar-refractivity contribution < 1.29 is 9.53 Å². The molecule has 2 nitrogen and oxygen atoms in total. The quantitative estimate of drug-likeness (QED) is 0.625. The van der Waals surface area contributed by atoms with Gasteiger partial charge < -0.3 is 4.74 Å². The third-order valence-electron chi connectivity index (χ3n) is 4.24. The normalized spacial score (nSPS) is 14.9. The number of ether oxygens (including phenoxy) is 1. The van der Waals surface area contributed by atoms with Crippen LogP contribution in [0, 0.1) is 5.92 Å². The van der Waals surface area contributed by atoms with Gasteiger partial charge in [-0.1, -0.05) is 69.0 Å². The van der Waals surface area contributed by atoms with Gasteiger partial charge in [-0.25, -0.2) is 0 Å². The standard InChI is InChI=1S/C20H20O2/c1-4-20(22-19(21)14(2)3)17-11-7-5-9-15(17)13-16-10-6-8-12-18(16)20/h4-12,14H,1,13H2,2-3H3. The zero-order chi connectivity index (χ0) is 15.7. The Morgan fingerprint density at radius 1 is 1.09 bits per heavy atom. The van der Waals surface area contributed by atoms with Gasteiger partial charge in [-0.05, 0) is 23.6 Å². The van der Waals surface area contributed by atoms with Gasteiger partial charge in [0.1, 0.15) is 0 Å². The predicted octanol–water partition coefficient (Wildman–Crippen LogP) is 4.22. The van der Waals surface area contributed by atoms with Crippen molar-refractivity contribution in [2.24, 2.45) is 5.92 Å². The summed E-state index contributed by atoms with van der Waals surface area (Å²) >= 11 is 0. The second kappa shape index (κ2) is 5.45. The highest BCUT2D eigenvalue weighted by Gasteiger charge is 2.41. The lowest BCUT2D eigenvalue weighted by Crippen LogP contribution is -2.37. The van der Waals surface area contributed by atoms with Gasteiger partial charge in [0.15, 0.2) is 5.60 Å². The van der Waals surface area contributed by atoms with Crippen molar-refractivity contribution in [3.05, 3.63) is 83.4 Å². The van der Waals surface area contributed by atoms with Crippen molar-refractivity contribution in [2.45, 2.75) is 25.9 Å². The average Bonchev–Trinajstić information content (AvgIpc) is 2.54.